The van der Waals surface area contributed by atoms with Gasteiger partial charge in [-0.1, -0.05) is 18.2 Å². The van der Waals surface area contributed by atoms with Crippen LogP contribution >= 0.6 is 28.3 Å². The van der Waals surface area contributed by atoms with Crippen LogP contribution in [-0.4, -0.2) is 13.0 Å². The molecule has 3 aromatic rings. The lowest BCUT2D eigenvalue weighted by atomic mass is 10.2. The summed E-state index contributed by atoms with van der Waals surface area (Å²) in [5.41, 5.74) is 2.08. The highest BCUT2D eigenvalue weighted by Crippen LogP contribution is 2.24. The van der Waals surface area contributed by atoms with Crippen molar-refractivity contribution >= 4 is 44.0 Å². The number of halogens is 2. The molecule has 1 aromatic heterocycles. The van der Waals surface area contributed by atoms with Gasteiger partial charge in [-0.3, -0.25) is 0 Å². The van der Waals surface area contributed by atoms with E-state index in [2.05, 4.69) is 4.99 Å². The molecule has 0 saturated heterocycles. The Hall–Kier alpha value is -1.81. The monoisotopic (exact) mass is 443 g/mol. The normalized spacial score (nSPS) is 12.0. The lowest BCUT2D eigenvalue weighted by Crippen LogP contribution is -2.15. The number of aromatic nitrogens is 1. The van der Waals surface area contributed by atoms with E-state index in [4.69, 9.17) is 5.14 Å². The molecule has 3 rings (SSSR count). The summed E-state index contributed by atoms with van der Waals surface area (Å²) in [5.74, 6) is -0.867. The molecule has 2 aromatic carbocycles. The molecule has 0 aliphatic rings. The van der Waals surface area contributed by atoms with Crippen molar-refractivity contribution < 1.29 is 12.8 Å². The summed E-state index contributed by atoms with van der Waals surface area (Å²) in [6.45, 7) is 0. The van der Waals surface area contributed by atoms with Crippen molar-refractivity contribution in [2.75, 3.05) is 0 Å². The largest absolute Gasteiger partial charge is 0.320 e. The number of nitrogens with zero attached hydrogens (tertiary/aromatic N) is 2. The van der Waals surface area contributed by atoms with Crippen LogP contribution in [0.5, 0.6) is 0 Å². The van der Waals surface area contributed by atoms with Crippen molar-refractivity contribution in [3.8, 4) is 11.3 Å². The van der Waals surface area contributed by atoms with E-state index in [-0.39, 0.29) is 17.0 Å². The van der Waals surface area contributed by atoms with Crippen molar-refractivity contribution in [3.05, 3.63) is 64.5 Å². The Bertz CT molecular complexity index is 1060. The first-order valence-electron chi connectivity index (χ1n) is 6.93. The fourth-order valence-electron chi connectivity index (χ4n) is 2.23. The molecule has 0 atom stereocenters. The van der Waals surface area contributed by atoms with Crippen molar-refractivity contribution in [3.63, 3.8) is 0 Å². The third-order valence-corrected chi connectivity index (χ3v) is 5.28. The molecule has 0 saturated carbocycles. The maximum atomic E-state index is 13.7. The van der Waals surface area contributed by atoms with Crippen LogP contribution in [0.15, 0.2) is 63.8 Å². The molecule has 0 fully saturated rings. The molecule has 0 radical (unpaired) electrons. The topological polar surface area (TPSA) is 77.5 Å². The second-order valence-electron chi connectivity index (χ2n) is 5.10. The number of sulfonamides is 1. The van der Waals surface area contributed by atoms with Crippen LogP contribution in [-0.2, 0) is 17.1 Å². The van der Waals surface area contributed by atoms with Gasteiger partial charge in [0.1, 0.15) is 10.7 Å². The molecule has 132 valence electrons. The number of nitrogens with two attached hydrogens (primary N) is 1. The zero-order valence-electron chi connectivity index (χ0n) is 13.1. The van der Waals surface area contributed by atoms with E-state index in [0.29, 0.717) is 5.56 Å². The fourth-order valence-corrected chi connectivity index (χ4v) is 3.78. The van der Waals surface area contributed by atoms with Crippen LogP contribution in [0, 0.1) is 5.82 Å². The first-order chi connectivity index (χ1) is 11.4. The number of rotatable bonds is 3. The number of para-hydroxylation sites is 1. The standard InChI is InChI=1S/C16H14FN3O2S2.BrH/c1-20-14(10-23-16(20)19-12-5-3-2-4-6-12)11-7-8-13(17)15(9-11)24(18,21)22;/h2-10H,1H3,(H2,18,21,22);1H. The quantitative estimate of drug-likeness (QED) is 0.673. The smallest absolute Gasteiger partial charge is 0.240 e. The van der Waals surface area contributed by atoms with Gasteiger partial charge in [0.25, 0.3) is 0 Å². The lowest BCUT2D eigenvalue weighted by molar-refractivity contribution is 0.568. The van der Waals surface area contributed by atoms with Crippen LogP contribution in [0.3, 0.4) is 0 Å². The maximum absolute atomic E-state index is 13.7. The molecule has 0 spiro atoms. The number of benzene rings is 2. The van der Waals surface area contributed by atoms with Crippen molar-refractivity contribution in [2.45, 2.75) is 4.90 Å². The SMILES string of the molecule is Br.Cn1c(-c2ccc(F)c(S(N)(=O)=O)c2)csc1=Nc1ccccc1. The third kappa shape index (κ3) is 4.24. The van der Waals surface area contributed by atoms with Gasteiger partial charge in [0.2, 0.25) is 10.0 Å². The number of hydrogen-bond donors (Lipinski definition) is 1. The summed E-state index contributed by atoms with van der Waals surface area (Å²) in [4.78, 5) is 4.75. The molecule has 0 aliphatic carbocycles. The second kappa shape index (κ2) is 7.61. The first-order valence-corrected chi connectivity index (χ1v) is 9.36. The van der Waals surface area contributed by atoms with Gasteiger partial charge in [-0.15, -0.1) is 28.3 Å². The van der Waals surface area contributed by atoms with Crippen molar-refractivity contribution in [1.82, 2.24) is 4.57 Å². The van der Waals surface area contributed by atoms with Gasteiger partial charge < -0.3 is 4.57 Å². The Morgan fingerprint density at radius 2 is 1.84 bits per heavy atom. The highest BCUT2D eigenvalue weighted by atomic mass is 79.9. The molecule has 0 unspecified atom stereocenters. The minimum absolute atomic E-state index is 0. The molecule has 25 heavy (non-hydrogen) atoms. The van der Waals surface area contributed by atoms with Crippen molar-refractivity contribution in [1.29, 1.82) is 0 Å². The first kappa shape index (κ1) is 19.5. The van der Waals surface area contributed by atoms with E-state index in [1.54, 1.807) is 0 Å². The summed E-state index contributed by atoms with van der Waals surface area (Å²) >= 11 is 1.41. The minimum Gasteiger partial charge on any atom is -0.320 e. The Kier molecular flexibility index (Phi) is 5.94. The summed E-state index contributed by atoms with van der Waals surface area (Å²) in [7, 11) is -2.31. The van der Waals surface area contributed by atoms with Gasteiger partial charge in [-0.25, -0.2) is 22.9 Å². The van der Waals surface area contributed by atoms with E-state index in [1.807, 2.05) is 47.3 Å². The molecule has 1 heterocycles. The summed E-state index contributed by atoms with van der Waals surface area (Å²) in [5, 5.41) is 6.89. The van der Waals surface area contributed by atoms with E-state index in [9.17, 15) is 12.8 Å². The van der Waals surface area contributed by atoms with Crippen LogP contribution in [0.2, 0.25) is 0 Å². The average molecular weight is 444 g/mol. The van der Waals surface area contributed by atoms with E-state index < -0.39 is 20.7 Å². The highest BCUT2D eigenvalue weighted by molar-refractivity contribution is 8.93. The Morgan fingerprint density at radius 3 is 2.48 bits per heavy atom. The van der Waals surface area contributed by atoms with Crippen LogP contribution in [0.1, 0.15) is 0 Å². The predicted octanol–water partition coefficient (Wildman–Crippen LogP) is 3.35. The van der Waals surface area contributed by atoms with Crippen LogP contribution < -0.4 is 9.94 Å². The minimum atomic E-state index is -4.12. The molecular formula is C16H15BrFN3O2S2. The molecule has 0 aliphatic heterocycles. The predicted molar refractivity (Wildman–Crippen MR) is 102 cm³/mol. The second-order valence-corrected chi connectivity index (χ2v) is 7.47. The Morgan fingerprint density at radius 1 is 1.16 bits per heavy atom. The van der Waals surface area contributed by atoms with Gasteiger partial charge in [-0.2, -0.15) is 0 Å². The fraction of sp³-hybridized carbons (Fsp3) is 0.0625. The Balaban J connectivity index is 0.00000225. The van der Waals surface area contributed by atoms with E-state index in [0.717, 1.165) is 22.2 Å². The van der Waals surface area contributed by atoms with Gasteiger partial charge in [-0.05, 0) is 30.3 Å². The maximum Gasteiger partial charge on any atom is 0.240 e. The molecule has 9 heteroatoms. The van der Waals surface area contributed by atoms with Crippen molar-refractivity contribution in [2.24, 2.45) is 17.2 Å². The van der Waals surface area contributed by atoms with Crippen LogP contribution in [0.25, 0.3) is 11.3 Å². The summed E-state index contributed by atoms with van der Waals surface area (Å²) < 4.78 is 38.5. The highest BCUT2D eigenvalue weighted by Gasteiger charge is 2.16. The molecule has 2 N–H and O–H groups in total. The zero-order chi connectivity index (χ0) is 17.3. The lowest BCUT2D eigenvalue weighted by Gasteiger charge is -2.06. The number of thiazole rings is 1. The summed E-state index contributed by atoms with van der Waals surface area (Å²) in [6.07, 6.45) is 0. The van der Waals surface area contributed by atoms with Crippen LogP contribution in [0.4, 0.5) is 10.1 Å². The molecule has 5 nitrogen and oxygen atoms in total. The average Bonchev–Trinajstić information content (AvgIpc) is 2.89. The Labute approximate surface area is 159 Å². The third-order valence-electron chi connectivity index (χ3n) is 3.44. The number of hydrogen-bond acceptors (Lipinski definition) is 4. The molecule has 0 bridgehead atoms. The van der Waals surface area contributed by atoms with Gasteiger partial charge >= 0.3 is 0 Å². The van der Waals surface area contributed by atoms with Gasteiger partial charge in [0.15, 0.2) is 4.80 Å². The van der Waals surface area contributed by atoms with E-state index in [1.165, 1.54) is 23.5 Å². The van der Waals surface area contributed by atoms with Gasteiger partial charge in [0.05, 0.1) is 11.4 Å². The molecule has 0 amide bonds. The zero-order valence-corrected chi connectivity index (χ0v) is 16.4. The number of primary sulfonamides is 1. The summed E-state index contributed by atoms with van der Waals surface area (Å²) in [6, 6.07) is 13.3. The van der Waals surface area contributed by atoms with Gasteiger partial charge in [0, 0.05) is 18.0 Å². The molecular weight excluding hydrogens is 429 g/mol. The van der Waals surface area contributed by atoms with E-state index >= 15 is 0 Å².